The lowest BCUT2D eigenvalue weighted by Crippen LogP contribution is -2.20. The second kappa shape index (κ2) is 5.93. The molecule has 1 atom stereocenters. The average molecular weight is 220 g/mol. The molecule has 1 aromatic carbocycles. The van der Waals surface area contributed by atoms with Crippen LogP contribution in [0.15, 0.2) is 24.3 Å². The van der Waals surface area contributed by atoms with E-state index in [1.807, 2.05) is 0 Å². The number of hydrogen-bond donors (Lipinski definition) is 1. The Balaban J connectivity index is 2.74. The van der Waals surface area contributed by atoms with Crippen LogP contribution in [0.1, 0.15) is 58.4 Å². The molecule has 0 saturated carbocycles. The van der Waals surface area contributed by atoms with Crippen molar-refractivity contribution in [1.29, 1.82) is 0 Å². The van der Waals surface area contributed by atoms with Crippen molar-refractivity contribution in [3.05, 3.63) is 29.8 Å². The maximum Gasteiger partial charge on any atom is 0.115 e. The van der Waals surface area contributed by atoms with Crippen LogP contribution in [0.3, 0.4) is 0 Å². The van der Waals surface area contributed by atoms with E-state index in [2.05, 4.69) is 32.9 Å². The molecule has 0 aliphatic carbocycles. The minimum absolute atomic E-state index is 0.267. The molecular weight excluding hydrogens is 196 g/mol. The first-order valence-corrected chi connectivity index (χ1v) is 6.42. The van der Waals surface area contributed by atoms with Crippen molar-refractivity contribution >= 4 is 0 Å². The fraction of sp³-hybridized carbons (Fsp3) is 0.600. The highest BCUT2D eigenvalue weighted by atomic mass is 16.3. The van der Waals surface area contributed by atoms with Crippen LogP contribution in [-0.4, -0.2) is 5.11 Å². The number of unbranched alkanes of at least 4 members (excludes halogenated alkanes) is 2. The summed E-state index contributed by atoms with van der Waals surface area (Å²) < 4.78 is 0. The van der Waals surface area contributed by atoms with Gasteiger partial charge in [0.15, 0.2) is 0 Å². The quantitative estimate of drug-likeness (QED) is 0.692. The number of benzene rings is 1. The largest absolute Gasteiger partial charge is 0.508 e. The van der Waals surface area contributed by atoms with Gasteiger partial charge in [0, 0.05) is 0 Å². The molecule has 0 aliphatic rings. The Labute approximate surface area is 99.5 Å². The fourth-order valence-electron chi connectivity index (χ4n) is 2.15. The summed E-state index contributed by atoms with van der Waals surface area (Å²) in [5, 5.41) is 9.31. The lowest BCUT2D eigenvalue weighted by molar-refractivity contribution is 0.397. The normalized spacial score (nSPS) is 14.7. The van der Waals surface area contributed by atoms with E-state index in [0.29, 0.717) is 5.75 Å². The van der Waals surface area contributed by atoms with E-state index < -0.39 is 0 Å². The highest BCUT2D eigenvalue weighted by Crippen LogP contribution is 2.33. The molecule has 0 heterocycles. The molecule has 1 aromatic rings. The molecule has 90 valence electrons. The second-order valence-electron chi connectivity index (χ2n) is 4.92. The third kappa shape index (κ3) is 3.26. The number of rotatable bonds is 6. The van der Waals surface area contributed by atoms with Crippen molar-refractivity contribution in [3.63, 3.8) is 0 Å². The van der Waals surface area contributed by atoms with Gasteiger partial charge in [0.25, 0.3) is 0 Å². The van der Waals surface area contributed by atoms with Crippen molar-refractivity contribution in [3.8, 4) is 5.75 Å². The number of phenols is 1. The van der Waals surface area contributed by atoms with E-state index in [-0.39, 0.29) is 5.41 Å². The summed E-state index contributed by atoms with van der Waals surface area (Å²) in [5.74, 6) is 0.357. The molecule has 0 saturated heterocycles. The zero-order valence-corrected chi connectivity index (χ0v) is 10.8. The van der Waals surface area contributed by atoms with Gasteiger partial charge >= 0.3 is 0 Å². The third-order valence-electron chi connectivity index (χ3n) is 3.68. The molecule has 0 unspecified atom stereocenters. The van der Waals surface area contributed by atoms with Crippen LogP contribution in [-0.2, 0) is 5.41 Å². The predicted octanol–water partition coefficient (Wildman–Crippen LogP) is 4.64. The van der Waals surface area contributed by atoms with Crippen LogP contribution in [0.5, 0.6) is 5.75 Å². The van der Waals surface area contributed by atoms with Gasteiger partial charge in [0.05, 0.1) is 0 Å². The monoisotopic (exact) mass is 220 g/mol. The molecule has 0 spiro atoms. The summed E-state index contributed by atoms with van der Waals surface area (Å²) in [6.45, 7) is 6.82. The number of phenolic OH excluding ortho intramolecular Hbond substituents is 1. The lowest BCUT2D eigenvalue weighted by Gasteiger charge is -2.29. The fourth-order valence-corrected chi connectivity index (χ4v) is 2.15. The lowest BCUT2D eigenvalue weighted by atomic mass is 9.76. The molecule has 0 fully saturated rings. The number of hydrogen-bond acceptors (Lipinski definition) is 1. The third-order valence-corrected chi connectivity index (χ3v) is 3.68. The van der Waals surface area contributed by atoms with Crippen LogP contribution in [0.2, 0.25) is 0 Å². The van der Waals surface area contributed by atoms with Crippen LogP contribution in [0, 0.1) is 0 Å². The van der Waals surface area contributed by atoms with Gasteiger partial charge in [-0.1, -0.05) is 52.2 Å². The first kappa shape index (κ1) is 13.1. The minimum Gasteiger partial charge on any atom is -0.508 e. The Morgan fingerprint density at radius 3 is 2.19 bits per heavy atom. The van der Waals surface area contributed by atoms with Gasteiger partial charge in [0.2, 0.25) is 0 Å². The molecule has 16 heavy (non-hydrogen) atoms. The average Bonchev–Trinajstić information content (AvgIpc) is 2.30. The van der Waals surface area contributed by atoms with Gasteiger partial charge in [-0.05, 0) is 36.0 Å². The first-order chi connectivity index (χ1) is 7.62. The van der Waals surface area contributed by atoms with Gasteiger partial charge in [0.1, 0.15) is 5.75 Å². The smallest absolute Gasteiger partial charge is 0.115 e. The SMILES string of the molecule is CCCCC[C@](C)(CC)c1ccc(O)cc1. The molecule has 1 N–H and O–H groups in total. The van der Waals surface area contributed by atoms with E-state index >= 15 is 0 Å². The molecule has 1 heteroatoms. The molecule has 0 bridgehead atoms. The van der Waals surface area contributed by atoms with E-state index in [0.717, 1.165) is 6.42 Å². The van der Waals surface area contributed by atoms with E-state index in [1.54, 1.807) is 12.1 Å². The van der Waals surface area contributed by atoms with Crippen molar-refractivity contribution < 1.29 is 5.11 Å². The Hall–Kier alpha value is -0.980. The maximum atomic E-state index is 9.31. The highest BCUT2D eigenvalue weighted by molar-refractivity contribution is 5.31. The molecule has 0 radical (unpaired) electrons. The van der Waals surface area contributed by atoms with E-state index in [9.17, 15) is 5.11 Å². The topological polar surface area (TPSA) is 20.2 Å². The summed E-state index contributed by atoms with van der Waals surface area (Å²) in [7, 11) is 0. The van der Waals surface area contributed by atoms with Gasteiger partial charge < -0.3 is 5.11 Å². The highest BCUT2D eigenvalue weighted by Gasteiger charge is 2.23. The zero-order valence-electron chi connectivity index (χ0n) is 10.8. The van der Waals surface area contributed by atoms with E-state index in [4.69, 9.17) is 0 Å². The summed E-state index contributed by atoms with van der Waals surface area (Å²) in [4.78, 5) is 0. The van der Waals surface area contributed by atoms with Crippen LogP contribution in [0.4, 0.5) is 0 Å². The first-order valence-electron chi connectivity index (χ1n) is 6.42. The Morgan fingerprint density at radius 2 is 1.69 bits per heavy atom. The van der Waals surface area contributed by atoms with Crippen molar-refractivity contribution in [1.82, 2.24) is 0 Å². The van der Waals surface area contributed by atoms with Crippen LogP contribution < -0.4 is 0 Å². The van der Waals surface area contributed by atoms with Gasteiger partial charge in [-0.25, -0.2) is 0 Å². The summed E-state index contributed by atoms with van der Waals surface area (Å²) >= 11 is 0. The Bertz CT molecular complexity index is 302. The maximum absolute atomic E-state index is 9.31. The minimum atomic E-state index is 0.267. The molecule has 1 rings (SSSR count). The summed E-state index contributed by atoms with van der Waals surface area (Å²) in [6.07, 6.45) is 6.27. The zero-order chi connectivity index (χ0) is 12.0. The van der Waals surface area contributed by atoms with Crippen molar-refractivity contribution in [2.45, 2.75) is 58.3 Å². The van der Waals surface area contributed by atoms with E-state index in [1.165, 1.54) is 31.2 Å². The standard InChI is InChI=1S/C15H24O/c1-4-6-7-12-15(3,5-2)13-8-10-14(16)11-9-13/h8-11,16H,4-7,12H2,1-3H3/t15-/m0/s1. The molecule has 1 nitrogen and oxygen atoms in total. The Kier molecular flexibility index (Phi) is 4.85. The van der Waals surface area contributed by atoms with Crippen molar-refractivity contribution in [2.75, 3.05) is 0 Å². The predicted molar refractivity (Wildman–Crippen MR) is 69.9 cm³/mol. The molecule has 0 aromatic heterocycles. The summed E-state index contributed by atoms with van der Waals surface area (Å²) in [6, 6.07) is 7.71. The van der Waals surface area contributed by atoms with Gasteiger partial charge in [-0.2, -0.15) is 0 Å². The van der Waals surface area contributed by atoms with Crippen molar-refractivity contribution in [2.24, 2.45) is 0 Å². The van der Waals surface area contributed by atoms with Gasteiger partial charge in [-0.15, -0.1) is 0 Å². The van der Waals surface area contributed by atoms with Gasteiger partial charge in [-0.3, -0.25) is 0 Å². The Morgan fingerprint density at radius 1 is 1.06 bits per heavy atom. The second-order valence-corrected chi connectivity index (χ2v) is 4.92. The van der Waals surface area contributed by atoms with Crippen LogP contribution in [0.25, 0.3) is 0 Å². The van der Waals surface area contributed by atoms with Crippen LogP contribution >= 0.6 is 0 Å². The molecule has 0 amide bonds. The summed E-state index contributed by atoms with van der Waals surface area (Å²) in [5.41, 5.74) is 1.62. The molecule has 0 aliphatic heterocycles. The molecular formula is C15H24O. The number of aromatic hydroxyl groups is 1.